The van der Waals surface area contributed by atoms with Crippen LogP contribution in [0.2, 0.25) is 0 Å². The Labute approximate surface area is 167 Å². The van der Waals surface area contributed by atoms with Crippen LogP contribution in [-0.2, 0) is 19.5 Å². The summed E-state index contributed by atoms with van der Waals surface area (Å²) in [6.07, 6.45) is 4.61. The van der Waals surface area contributed by atoms with Crippen LogP contribution < -0.4 is 11.0 Å². The molecule has 1 N–H and O–H groups in total. The Morgan fingerprint density at radius 2 is 2.10 bits per heavy atom. The average molecular weight is 401 g/mol. The second-order valence-corrected chi connectivity index (χ2v) is 8.07. The van der Waals surface area contributed by atoms with E-state index in [-0.39, 0.29) is 17.2 Å². The van der Waals surface area contributed by atoms with Crippen LogP contribution in [0.15, 0.2) is 29.2 Å². The number of anilines is 1. The van der Waals surface area contributed by atoms with Crippen molar-refractivity contribution in [2.24, 2.45) is 5.92 Å². The molecule has 1 aromatic carbocycles. The van der Waals surface area contributed by atoms with E-state index in [1.54, 1.807) is 15.3 Å². The van der Waals surface area contributed by atoms with Gasteiger partial charge in [-0.1, -0.05) is 13.8 Å². The first-order chi connectivity index (χ1) is 13.9. The lowest BCUT2D eigenvalue weighted by Gasteiger charge is -2.19. The molecule has 3 heterocycles. The molecule has 0 radical (unpaired) electrons. The molecule has 0 aliphatic carbocycles. The molecule has 0 bridgehead atoms. The highest BCUT2D eigenvalue weighted by Crippen LogP contribution is 2.27. The predicted octanol–water partition coefficient (Wildman–Crippen LogP) is 3.73. The SMILES string of the molecule is CC(C)CCn1nc2n(c1=O)CCC(Nc1ccnc3c(F)cc(F)cc13)CC2. The van der Waals surface area contributed by atoms with Crippen molar-refractivity contribution in [2.75, 3.05) is 5.32 Å². The molecule has 8 heteroatoms. The van der Waals surface area contributed by atoms with Crippen LogP contribution in [0.5, 0.6) is 0 Å². The van der Waals surface area contributed by atoms with Crippen molar-refractivity contribution in [3.05, 3.63) is 52.3 Å². The van der Waals surface area contributed by atoms with E-state index in [2.05, 4.69) is 29.2 Å². The van der Waals surface area contributed by atoms with Crippen molar-refractivity contribution in [3.8, 4) is 0 Å². The maximum absolute atomic E-state index is 14.0. The molecule has 3 aromatic rings. The summed E-state index contributed by atoms with van der Waals surface area (Å²) in [5, 5.41) is 8.34. The van der Waals surface area contributed by atoms with Gasteiger partial charge < -0.3 is 5.32 Å². The lowest BCUT2D eigenvalue weighted by atomic mass is 10.1. The minimum atomic E-state index is -0.674. The zero-order valence-electron chi connectivity index (χ0n) is 16.7. The van der Waals surface area contributed by atoms with E-state index < -0.39 is 11.6 Å². The third-order valence-corrected chi connectivity index (χ3v) is 5.46. The van der Waals surface area contributed by atoms with Gasteiger partial charge in [-0.2, -0.15) is 5.10 Å². The van der Waals surface area contributed by atoms with E-state index in [9.17, 15) is 13.6 Å². The summed E-state index contributed by atoms with van der Waals surface area (Å²) in [4.78, 5) is 16.7. The van der Waals surface area contributed by atoms with Gasteiger partial charge in [0.25, 0.3) is 0 Å². The standard InChI is InChI=1S/C21H25F2N5O/c1-13(2)6-10-28-21(29)27-9-7-15(3-4-19(27)26-28)25-18-5-8-24-20-16(18)11-14(22)12-17(20)23/h5,8,11-13,15H,3-4,6-7,9-10H2,1-2H3,(H,24,25). The zero-order valence-corrected chi connectivity index (χ0v) is 16.7. The van der Waals surface area contributed by atoms with E-state index in [1.807, 2.05) is 0 Å². The highest BCUT2D eigenvalue weighted by molar-refractivity contribution is 5.91. The molecule has 0 amide bonds. The fourth-order valence-corrected chi connectivity index (χ4v) is 3.82. The Kier molecular flexibility index (Phi) is 5.34. The molecule has 0 fully saturated rings. The Morgan fingerprint density at radius 3 is 2.90 bits per heavy atom. The minimum Gasteiger partial charge on any atom is -0.382 e. The summed E-state index contributed by atoms with van der Waals surface area (Å²) in [6.45, 7) is 5.46. The number of aryl methyl sites for hydroxylation is 2. The first kappa shape index (κ1) is 19.5. The van der Waals surface area contributed by atoms with Gasteiger partial charge in [-0.25, -0.2) is 18.3 Å². The van der Waals surface area contributed by atoms with Gasteiger partial charge >= 0.3 is 5.69 Å². The molecular formula is C21H25F2N5O. The predicted molar refractivity (Wildman–Crippen MR) is 108 cm³/mol. The van der Waals surface area contributed by atoms with E-state index in [0.29, 0.717) is 36.5 Å². The van der Waals surface area contributed by atoms with Crippen LogP contribution in [0, 0.1) is 17.6 Å². The number of nitrogens with zero attached hydrogens (tertiary/aromatic N) is 4. The second-order valence-electron chi connectivity index (χ2n) is 8.07. The first-order valence-electron chi connectivity index (χ1n) is 10.1. The minimum absolute atomic E-state index is 0.0557. The van der Waals surface area contributed by atoms with Gasteiger partial charge in [0, 0.05) is 48.9 Å². The normalized spacial score (nSPS) is 16.8. The number of rotatable bonds is 5. The van der Waals surface area contributed by atoms with Crippen LogP contribution >= 0.6 is 0 Å². The summed E-state index contributed by atoms with van der Waals surface area (Å²) >= 11 is 0. The molecule has 0 saturated carbocycles. The Morgan fingerprint density at radius 1 is 1.28 bits per heavy atom. The third kappa shape index (κ3) is 4.02. The van der Waals surface area contributed by atoms with E-state index in [0.717, 1.165) is 31.2 Å². The number of benzene rings is 1. The van der Waals surface area contributed by atoms with Crippen molar-refractivity contribution in [2.45, 2.75) is 58.7 Å². The van der Waals surface area contributed by atoms with Crippen LogP contribution in [-0.4, -0.2) is 25.4 Å². The largest absolute Gasteiger partial charge is 0.382 e. The van der Waals surface area contributed by atoms with Crippen molar-refractivity contribution >= 4 is 16.6 Å². The molecule has 29 heavy (non-hydrogen) atoms. The summed E-state index contributed by atoms with van der Waals surface area (Å²) in [7, 11) is 0. The number of fused-ring (bicyclic) bond motifs is 2. The topological polar surface area (TPSA) is 64.7 Å². The maximum atomic E-state index is 14.0. The zero-order chi connectivity index (χ0) is 20.5. The molecule has 1 unspecified atom stereocenters. The van der Waals surface area contributed by atoms with E-state index in [4.69, 9.17) is 0 Å². The van der Waals surface area contributed by atoms with Gasteiger partial charge in [-0.05, 0) is 37.3 Å². The van der Waals surface area contributed by atoms with Gasteiger partial charge in [-0.3, -0.25) is 9.55 Å². The van der Waals surface area contributed by atoms with Gasteiger partial charge in [-0.15, -0.1) is 0 Å². The first-order valence-corrected chi connectivity index (χ1v) is 10.1. The van der Waals surface area contributed by atoms with Crippen molar-refractivity contribution in [3.63, 3.8) is 0 Å². The van der Waals surface area contributed by atoms with Crippen LogP contribution in [0.3, 0.4) is 0 Å². The van der Waals surface area contributed by atoms with Gasteiger partial charge in [0.15, 0.2) is 5.82 Å². The van der Waals surface area contributed by atoms with E-state index >= 15 is 0 Å². The van der Waals surface area contributed by atoms with Crippen LogP contribution in [0.25, 0.3) is 10.9 Å². The van der Waals surface area contributed by atoms with E-state index in [1.165, 1.54) is 12.3 Å². The van der Waals surface area contributed by atoms with Gasteiger partial charge in [0.2, 0.25) is 0 Å². The smallest absolute Gasteiger partial charge is 0.345 e. The summed E-state index contributed by atoms with van der Waals surface area (Å²) in [5.41, 5.74) is 0.734. The maximum Gasteiger partial charge on any atom is 0.345 e. The molecule has 2 aromatic heterocycles. The molecule has 0 spiro atoms. The molecular weight excluding hydrogens is 376 g/mol. The fraction of sp³-hybridized carbons (Fsp3) is 0.476. The lowest BCUT2D eigenvalue weighted by molar-refractivity contribution is 0.466. The molecule has 1 atom stereocenters. The average Bonchev–Trinajstić information content (AvgIpc) is 2.83. The lowest BCUT2D eigenvalue weighted by Crippen LogP contribution is -2.27. The molecule has 1 aliphatic heterocycles. The summed E-state index contributed by atoms with van der Waals surface area (Å²) in [5.74, 6) is 0.0159. The monoisotopic (exact) mass is 401 g/mol. The number of hydrogen-bond acceptors (Lipinski definition) is 4. The summed E-state index contributed by atoms with van der Waals surface area (Å²) < 4.78 is 31.1. The van der Waals surface area contributed by atoms with Gasteiger partial charge in [0.05, 0.1) is 0 Å². The second kappa shape index (κ2) is 7.93. The molecule has 154 valence electrons. The van der Waals surface area contributed by atoms with Crippen molar-refractivity contribution in [1.29, 1.82) is 0 Å². The number of aromatic nitrogens is 4. The fourth-order valence-electron chi connectivity index (χ4n) is 3.82. The number of hydrogen-bond donors (Lipinski definition) is 1. The van der Waals surface area contributed by atoms with Crippen LogP contribution in [0.4, 0.5) is 14.5 Å². The highest BCUT2D eigenvalue weighted by atomic mass is 19.1. The highest BCUT2D eigenvalue weighted by Gasteiger charge is 2.21. The molecule has 4 rings (SSSR count). The molecule has 0 saturated heterocycles. The number of halogens is 2. The Bertz CT molecular complexity index is 1090. The molecule has 1 aliphatic rings. The number of nitrogens with one attached hydrogen (secondary N) is 1. The summed E-state index contributed by atoms with van der Waals surface area (Å²) in [6, 6.07) is 3.93. The van der Waals surface area contributed by atoms with Crippen molar-refractivity contribution in [1.82, 2.24) is 19.3 Å². The molecule has 6 nitrogen and oxygen atoms in total. The van der Waals surface area contributed by atoms with Crippen molar-refractivity contribution < 1.29 is 8.78 Å². The Balaban J connectivity index is 1.52. The van der Waals surface area contributed by atoms with Crippen LogP contribution in [0.1, 0.15) is 38.9 Å². The Hall–Kier alpha value is -2.77. The third-order valence-electron chi connectivity index (χ3n) is 5.46. The van der Waals surface area contributed by atoms with Gasteiger partial charge in [0.1, 0.15) is 17.2 Å². The quantitative estimate of drug-likeness (QED) is 0.708. The number of pyridine rings is 1.